The van der Waals surface area contributed by atoms with Crippen LogP contribution in [-0.4, -0.2) is 80.7 Å². The Hall–Kier alpha value is -1.12. The van der Waals surface area contributed by atoms with E-state index in [1.165, 1.54) is 24.6 Å². The van der Waals surface area contributed by atoms with E-state index in [-0.39, 0.29) is 18.4 Å². The first-order valence-corrected chi connectivity index (χ1v) is 9.23. The molecule has 0 aliphatic carbocycles. The fourth-order valence-corrected chi connectivity index (χ4v) is 4.26. The molecule has 0 radical (unpaired) electrons. The maximum atomic E-state index is 12.4. The van der Waals surface area contributed by atoms with Crippen molar-refractivity contribution >= 4 is 17.7 Å². The van der Waals surface area contributed by atoms with Crippen molar-refractivity contribution in [1.29, 1.82) is 0 Å². The van der Waals surface area contributed by atoms with E-state index < -0.39 is 0 Å². The Morgan fingerprint density at radius 3 is 2.74 bits per heavy atom. The molecule has 1 aromatic heterocycles. The van der Waals surface area contributed by atoms with Crippen LogP contribution in [0.2, 0.25) is 0 Å². The average molecular weight is 339 g/mol. The molecule has 2 aliphatic heterocycles. The van der Waals surface area contributed by atoms with Crippen LogP contribution in [0.15, 0.2) is 11.5 Å². The van der Waals surface area contributed by atoms with Gasteiger partial charge in [0.1, 0.15) is 6.33 Å². The van der Waals surface area contributed by atoms with Crippen LogP contribution < -0.4 is 0 Å². The third-order valence-corrected chi connectivity index (χ3v) is 5.87. The van der Waals surface area contributed by atoms with Crippen molar-refractivity contribution in [3.63, 3.8) is 0 Å². The van der Waals surface area contributed by atoms with E-state index in [2.05, 4.69) is 15.1 Å². The Morgan fingerprint density at radius 2 is 2.09 bits per heavy atom. The summed E-state index contributed by atoms with van der Waals surface area (Å²) in [4.78, 5) is 16.8. The highest BCUT2D eigenvalue weighted by Gasteiger charge is 2.36. The normalized spacial score (nSPS) is 25.4. The molecule has 0 unspecified atom stereocenters. The smallest absolute Gasteiger partial charge is 0.233 e. The Balaban J connectivity index is 1.51. The van der Waals surface area contributed by atoms with Gasteiger partial charge in [0.2, 0.25) is 5.91 Å². The SMILES string of the molecule is Cn1cnnc1SCC(=O)N1C[C@@H](CN2CCCC2)[C@@H](CO)C1. The third kappa shape index (κ3) is 4.05. The van der Waals surface area contributed by atoms with Crippen LogP contribution in [0.5, 0.6) is 0 Å². The maximum Gasteiger partial charge on any atom is 0.233 e. The lowest BCUT2D eigenvalue weighted by Crippen LogP contribution is -2.33. The summed E-state index contributed by atoms with van der Waals surface area (Å²) >= 11 is 1.42. The molecular weight excluding hydrogens is 314 g/mol. The Morgan fingerprint density at radius 1 is 1.35 bits per heavy atom. The second kappa shape index (κ2) is 7.63. The fraction of sp³-hybridized carbons (Fsp3) is 0.800. The number of likely N-dealkylation sites (tertiary alicyclic amines) is 2. The van der Waals surface area contributed by atoms with Crippen molar-refractivity contribution < 1.29 is 9.90 Å². The van der Waals surface area contributed by atoms with Gasteiger partial charge in [0, 0.05) is 39.2 Å². The monoisotopic (exact) mass is 339 g/mol. The van der Waals surface area contributed by atoms with Gasteiger partial charge in [-0.3, -0.25) is 4.79 Å². The highest BCUT2D eigenvalue weighted by Crippen LogP contribution is 2.26. The third-order valence-electron chi connectivity index (χ3n) is 4.85. The van der Waals surface area contributed by atoms with Crippen molar-refractivity contribution in [1.82, 2.24) is 24.6 Å². The van der Waals surface area contributed by atoms with Crippen LogP contribution in [0.1, 0.15) is 12.8 Å². The van der Waals surface area contributed by atoms with E-state index in [0.717, 1.165) is 31.3 Å². The molecule has 8 heteroatoms. The number of rotatable bonds is 6. The number of carbonyl (C=O) groups excluding carboxylic acids is 1. The molecular formula is C15H25N5O2S. The molecule has 23 heavy (non-hydrogen) atoms. The number of nitrogens with zero attached hydrogens (tertiary/aromatic N) is 5. The van der Waals surface area contributed by atoms with Crippen LogP contribution in [-0.2, 0) is 11.8 Å². The van der Waals surface area contributed by atoms with Gasteiger partial charge in [0.15, 0.2) is 5.16 Å². The number of hydrogen-bond donors (Lipinski definition) is 1. The first kappa shape index (κ1) is 16.7. The summed E-state index contributed by atoms with van der Waals surface area (Å²) in [6.07, 6.45) is 4.18. The van der Waals surface area contributed by atoms with Crippen molar-refractivity contribution in [2.75, 3.05) is 45.1 Å². The lowest BCUT2D eigenvalue weighted by Gasteiger charge is -2.22. The first-order chi connectivity index (χ1) is 11.2. The van der Waals surface area contributed by atoms with Gasteiger partial charge in [-0.05, 0) is 31.8 Å². The first-order valence-electron chi connectivity index (χ1n) is 8.25. The van der Waals surface area contributed by atoms with Gasteiger partial charge in [0.25, 0.3) is 0 Å². The predicted octanol–water partition coefficient (Wildman–Crippen LogP) is 0.0699. The van der Waals surface area contributed by atoms with Gasteiger partial charge in [-0.15, -0.1) is 10.2 Å². The number of aryl methyl sites for hydroxylation is 1. The Labute approximate surface area is 141 Å². The maximum absolute atomic E-state index is 12.4. The molecule has 7 nitrogen and oxygen atoms in total. The second-order valence-electron chi connectivity index (χ2n) is 6.52. The summed E-state index contributed by atoms with van der Waals surface area (Å²) < 4.78 is 1.81. The van der Waals surface area contributed by atoms with E-state index in [4.69, 9.17) is 0 Å². The number of thioether (sulfide) groups is 1. The van der Waals surface area contributed by atoms with Crippen LogP contribution in [0.4, 0.5) is 0 Å². The summed E-state index contributed by atoms with van der Waals surface area (Å²) in [7, 11) is 1.87. The Kier molecular flexibility index (Phi) is 5.55. The lowest BCUT2D eigenvalue weighted by atomic mass is 9.96. The molecule has 1 amide bonds. The largest absolute Gasteiger partial charge is 0.396 e. The molecule has 0 spiro atoms. The van der Waals surface area contributed by atoms with E-state index >= 15 is 0 Å². The molecule has 2 saturated heterocycles. The van der Waals surface area contributed by atoms with Gasteiger partial charge in [0.05, 0.1) is 5.75 Å². The molecule has 2 atom stereocenters. The standard InChI is InChI=1S/C15H25N5O2S/c1-18-11-16-17-15(18)23-10-14(22)20-7-12(13(8-20)9-21)6-19-4-2-3-5-19/h11-13,21H,2-10H2,1H3/t12-,13-/m1/s1. The molecule has 3 rings (SSSR count). The lowest BCUT2D eigenvalue weighted by molar-refractivity contribution is -0.127. The highest BCUT2D eigenvalue weighted by atomic mass is 32.2. The topological polar surface area (TPSA) is 74.5 Å². The molecule has 2 aliphatic rings. The van der Waals surface area contributed by atoms with Crippen molar-refractivity contribution in [2.45, 2.75) is 18.0 Å². The zero-order valence-electron chi connectivity index (χ0n) is 13.6. The summed E-state index contributed by atoms with van der Waals surface area (Å²) in [5, 5.41) is 18.2. The van der Waals surface area contributed by atoms with Gasteiger partial charge in [-0.25, -0.2) is 0 Å². The summed E-state index contributed by atoms with van der Waals surface area (Å²) in [6.45, 7) is 4.92. The highest BCUT2D eigenvalue weighted by molar-refractivity contribution is 7.99. The number of amides is 1. The van der Waals surface area contributed by atoms with Crippen LogP contribution in [0.3, 0.4) is 0 Å². The Bertz CT molecular complexity index is 532. The minimum Gasteiger partial charge on any atom is -0.396 e. The summed E-state index contributed by atoms with van der Waals surface area (Å²) in [6, 6.07) is 0. The quantitative estimate of drug-likeness (QED) is 0.740. The van der Waals surface area contributed by atoms with Gasteiger partial charge < -0.3 is 19.5 Å². The molecule has 128 valence electrons. The number of aliphatic hydroxyl groups excluding tert-OH is 1. The van der Waals surface area contributed by atoms with Gasteiger partial charge in [-0.2, -0.15) is 0 Å². The zero-order valence-corrected chi connectivity index (χ0v) is 14.4. The molecule has 2 fully saturated rings. The molecule has 0 aromatic carbocycles. The minimum absolute atomic E-state index is 0.125. The fourth-order valence-electron chi connectivity index (χ4n) is 3.47. The molecule has 1 N–H and O–H groups in total. The predicted molar refractivity (Wildman–Crippen MR) is 88.0 cm³/mol. The van der Waals surface area contributed by atoms with Crippen molar-refractivity contribution in [3.05, 3.63) is 6.33 Å². The van der Waals surface area contributed by atoms with E-state index in [9.17, 15) is 9.90 Å². The molecule has 0 bridgehead atoms. The average Bonchev–Trinajstić information content (AvgIpc) is 3.27. The van der Waals surface area contributed by atoms with Gasteiger partial charge >= 0.3 is 0 Å². The molecule has 3 heterocycles. The van der Waals surface area contributed by atoms with Crippen LogP contribution in [0.25, 0.3) is 0 Å². The second-order valence-corrected chi connectivity index (χ2v) is 7.46. The van der Waals surface area contributed by atoms with E-state index in [1.807, 2.05) is 16.5 Å². The number of aromatic nitrogens is 3. The number of hydrogen-bond acceptors (Lipinski definition) is 6. The minimum atomic E-state index is 0.125. The molecule has 1 aromatic rings. The van der Waals surface area contributed by atoms with Crippen molar-refractivity contribution in [3.8, 4) is 0 Å². The number of carbonyl (C=O) groups is 1. The zero-order chi connectivity index (χ0) is 16.2. The van der Waals surface area contributed by atoms with Crippen molar-refractivity contribution in [2.24, 2.45) is 18.9 Å². The number of aliphatic hydroxyl groups is 1. The van der Waals surface area contributed by atoms with E-state index in [1.54, 1.807) is 6.33 Å². The van der Waals surface area contributed by atoms with Crippen LogP contribution in [0, 0.1) is 11.8 Å². The summed E-state index contributed by atoms with van der Waals surface area (Å²) in [5.74, 6) is 1.10. The molecule has 0 saturated carbocycles. The van der Waals surface area contributed by atoms with Crippen LogP contribution >= 0.6 is 11.8 Å². The van der Waals surface area contributed by atoms with E-state index in [0.29, 0.717) is 18.2 Å². The van der Waals surface area contributed by atoms with Gasteiger partial charge in [-0.1, -0.05) is 11.8 Å². The summed E-state index contributed by atoms with van der Waals surface area (Å²) in [5.41, 5.74) is 0.